The lowest BCUT2D eigenvalue weighted by Crippen LogP contribution is -2.55. The Morgan fingerprint density at radius 2 is 1.49 bits per heavy atom. The molecule has 4 aliphatic heterocycles. The van der Waals surface area contributed by atoms with Crippen LogP contribution in [0.4, 0.5) is 15.3 Å². The molecule has 3 N–H and O–H groups in total. The van der Waals surface area contributed by atoms with Gasteiger partial charge in [-0.1, -0.05) is 32.0 Å². The molecule has 15 nitrogen and oxygen atoms in total. The highest BCUT2D eigenvalue weighted by molar-refractivity contribution is 6.06. The number of rotatable bonds is 10. The van der Waals surface area contributed by atoms with Crippen molar-refractivity contribution in [2.75, 3.05) is 21.3 Å². The Morgan fingerprint density at radius 1 is 0.820 bits per heavy atom. The van der Waals surface area contributed by atoms with Crippen molar-refractivity contribution in [2.45, 2.75) is 116 Å². The predicted octanol–water partition coefficient (Wildman–Crippen LogP) is 6.99. The monoisotopic (exact) mass is 833 g/mol. The third-order valence-electron chi connectivity index (χ3n) is 13.0. The fraction of sp³-hybridized carbons (Fsp3) is 0.478. The van der Waals surface area contributed by atoms with Gasteiger partial charge in [0.15, 0.2) is 0 Å². The maximum Gasteiger partial charge on any atom is 0.407 e. The average molecular weight is 834 g/mol. The number of carbonyl (C=O) groups is 4. The van der Waals surface area contributed by atoms with Crippen LogP contribution >= 0.6 is 0 Å². The quantitative estimate of drug-likeness (QED) is 0.152. The number of imidazole rings is 1. The molecule has 1 aromatic heterocycles. The molecule has 5 heterocycles. The first-order valence-corrected chi connectivity index (χ1v) is 21.2. The summed E-state index contributed by atoms with van der Waals surface area (Å²) in [5.41, 5.74) is 7.91. The Morgan fingerprint density at radius 3 is 2.18 bits per heavy atom. The predicted molar refractivity (Wildman–Crippen MR) is 230 cm³/mol. The summed E-state index contributed by atoms with van der Waals surface area (Å²) >= 11 is 0. The molecule has 2 fully saturated rings. The van der Waals surface area contributed by atoms with Gasteiger partial charge in [-0.25, -0.2) is 14.6 Å². The summed E-state index contributed by atoms with van der Waals surface area (Å²) in [6.45, 7) is 10.0. The minimum absolute atomic E-state index is 0.0105. The van der Waals surface area contributed by atoms with Crippen LogP contribution in [0.15, 0.2) is 53.7 Å². The lowest BCUT2D eigenvalue weighted by atomic mass is 9.90. The Hall–Kier alpha value is -5.96. The minimum atomic E-state index is -0.923. The second kappa shape index (κ2) is 16.8. The van der Waals surface area contributed by atoms with E-state index in [-0.39, 0.29) is 41.9 Å². The summed E-state index contributed by atoms with van der Waals surface area (Å²) in [5, 5.41) is 7.57. The number of ether oxygens (including phenoxy) is 4. The van der Waals surface area contributed by atoms with Gasteiger partial charge in [0.1, 0.15) is 30.3 Å². The number of nitrogens with zero attached hydrogens (tertiary/aromatic N) is 4. The smallest absolute Gasteiger partial charge is 0.407 e. The molecule has 8 rings (SSSR count). The molecule has 15 heteroatoms. The van der Waals surface area contributed by atoms with Crippen molar-refractivity contribution in [1.82, 2.24) is 30.4 Å². The average Bonchev–Trinajstić information content (AvgIpc) is 4.08. The van der Waals surface area contributed by atoms with Gasteiger partial charge < -0.3 is 44.4 Å². The van der Waals surface area contributed by atoms with Gasteiger partial charge in [-0.05, 0) is 110 Å². The van der Waals surface area contributed by atoms with Crippen molar-refractivity contribution >= 4 is 46.2 Å². The van der Waals surface area contributed by atoms with Crippen LogP contribution in [0.2, 0.25) is 0 Å². The summed E-state index contributed by atoms with van der Waals surface area (Å²) in [4.78, 5) is 69.3. The highest BCUT2D eigenvalue weighted by Crippen LogP contribution is 2.45. The van der Waals surface area contributed by atoms with Crippen molar-refractivity contribution in [3.63, 3.8) is 0 Å². The first-order chi connectivity index (χ1) is 29.3. The highest BCUT2D eigenvalue weighted by atomic mass is 16.5. The molecule has 0 aliphatic carbocycles. The summed E-state index contributed by atoms with van der Waals surface area (Å²) in [7, 11) is 4.07. The van der Waals surface area contributed by atoms with Gasteiger partial charge in [0.25, 0.3) is 0 Å². The number of methoxy groups -OCH3 is 3. The summed E-state index contributed by atoms with van der Waals surface area (Å²) < 4.78 is 21.5. The molecule has 322 valence electrons. The first kappa shape index (κ1) is 41.8. The van der Waals surface area contributed by atoms with Gasteiger partial charge in [0, 0.05) is 36.9 Å². The van der Waals surface area contributed by atoms with Crippen molar-refractivity contribution in [1.29, 1.82) is 0 Å². The van der Waals surface area contributed by atoms with Gasteiger partial charge in [-0.2, -0.15) is 0 Å². The highest BCUT2D eigenvalue weighted by Gasteiger charge is 2.44. The largest absolute Gasteiger partial charge is 0.488 e. The normalized spacial score (nSPS) is 21.8. The lowest BCUT2D eigenvalue weighted by Gasteiger charge is -2.33. The number of hydrogen-bond acceptors (Lipinski definition) is 10. The zero-order valence-corrected chi connectivity index (χ0v) is 36.0. The van der Waals surface area contributed by atoms with E-state index in [9.17, 15) is 19.2 Å². The van der Waals surface area contributed by atoms with Crippen LogP contribution in [-0.2, 0) is 36.8 Å². The third-order valence-corrected chi connectivity index (χ3v) is 13.0. The minimum Gasteiger partial charge on any atom is -0.488 e. The molecular weight excluding hydrogens is 779 g/mol. The number of fused-ring (bicyclic) bond motifs is 6. The van der Waals surface area contributed by atoms with Gasteiger partial charge in [0.05, 0.1) is 50.0 Å². The number of aromatic nitrogens is 2. The lowest BCUT2D eigenvalue weighted by molar-refractivity contribution is -0.139. The Balaban J connectivity index is 1.01. The molecule has 0 saturated carbocycles. The van der Waals surface area contributed by atoms with E-state index in [0.717, 1.165) is 87.1 Å². The number of carbonyl (C=O) groups excluding carboxylic acids is 4. The van der Waals surface area contributed by atoms with Crippen LogP contribution in [0.25, 0.3) is 33.2 Å². The number of likely N-dealkylation sites (tertiary alicyclic amines) is 2. The second-order valence-corrected chi connectivity index (χ2v) is 17.0. The number of nitrogens with one attached hydrogen (secondary N) is 3. The van der Waals surface area contributed by atoms with Crippen LogP contribution in [0, 0.1) is 5.92 Å². The number of H-pyrrole nitrogens is 1. The summed E-state index contributed by atoms with van der Waals surface area (Å²) in [5.74, 6) is 0.998. The molecular formula is C46H55N7O8. The van der Waals surface area contributed by atoms with Crippen LogP contribution < -0.4 is 15.4 Å². The molecule has 4 aromatic rings. The first-order valence-electron chi connectivity index (χ1n) is 21.2. The number of alkyl carbamates (subject to hydrolysis) is 2. The number of aliphatic imine (C=N–C) groups is 1. The number of benzene rings is 3. The molecule has 0 radical (unpaired) electrons. The van der Waals surface area contributed by atoms with Crippen molar-refractivity contribution < 1.29 is 38.1 Å². The number of amides is 4. The summed E-state index contributed by atoms with van der Waals surface area (Å²) in [6, 6.07) is 12.7. The topological polar surface area (TPSA) is 177 Å². The van der Waals surface area contributed by atoms with Crippen molar-refractivity contribution in [3.05, 3.63) is 65.6 Å². The maximum atomic E-state index is 14.0. The Kier molecular flexibility index (Phi) is 11.5. The zero-order valence-electron chi connectivity index (χ0n) is 36.0. The molecule has 4 aliphatic rings. The second-order valence-electron chi connectivity index (χ2n) is 17.0. The molecule has 61 heavy (non-hydrogen) atoms. The van der Waals surface area contributed by atoms with E-state index < -0.39 is 30.4 Å². The van der Waals surface area contributed by atoms with Crippen LogP contribution in [0.1, 0.15) is 83.3 Å². The van der Waals surface area contributed by atoms with Crippen molar-refractivity contribution in [2.24, 2.45) is 10.9 Å². The van der Waals surface area contributed by atoms with Crippen LogP contribution in [0.5, 0.6) is 5.75 Å². The van der Waals surface area contributed by atoms with Gasteiger partial charge in [0.2, 0.25) is 11.8 Å². The fourth-order valence-corrected chi connectivity index (χ4v) is 9.57. The van der Waals surface area contributed by atoms with E-state index in [1.807, 2.05) is 25.7 Å². The number of aromatic amines is 1. The molecule has 7 atom stereocenters. The Labute approximate surface area is 355 Å². The number of hydrogen-bond donors (Lipinski definition) is 3. The molecule has 0 bridgehead atoms. The third kappa shape index (κ3) is 7.68. The van der Waals surface area contributed by atoms with E-state index >= 15 is 0 Å². The molecule has 3 aromatic carbocycles. The standard InChI is InChI=1S/C46H55N7O8/c1-23(2)40(50-45(56)59-7)43(54)52-24(3)9-15-37(52)35-19-32-31-20-39-33(18-27(31)12-14-34(32)48-35)30-13-11-28(17-29(30)22-61-39)36-21-47-42(49-36)38-16-10-25(4)53(38)44(55)41(26(5)58-6)51-46(57)60-8/h11-14,17-18,20-21,23-26,37-38,40-41H,9-10,15-16,19,22H2,1-8H3,(H,47,49)(H,50,56)(H,51,57)/t24-,25-,26+,37-,38-,40-,41?/m0/s1. The molecule has 1 unspecified atom stereocenters. The van der Waals surface area contributed by atoms with E-state index in [2.05, 4.69) is 65.0 Å². The van der Waals surface area contributed by atoms with E-state index in [4.69, 9.17) is 28.9 Å². The molecule has 4 amide bonds. The van der Waals surface area contributed by atoms with Gasteiger partial charge in [-0.15, -0.1) is 0 Å². The fourth-order valence-electron chi connectivity index (χ4n) is 9.57. The van der Waals surface area contributed by atoms with Gasteiger partial charge >= 0.3 is 12.2 Å². The van der Waals surface area contributed by atoms with Crippen LogP contribution in [-0.4, -0.2) is 107 Å². The molecule has 2 saturated heterocycles. The zero-order chi connectivity index (χ0) is 43.3. The van der Waals surface area contributed by atoms with Crippen LogP contribution in [0.3, 0.4) is 0 Å². The Bertz CT molecular complexity index is 2410. The van der Waals surface area contributed by atoms with E-state index in [1.54, 1.807) is 18.0 Å². The van der Waals surface area contributed by atoms with Crippen molar-refractivity contribution in [3.8, 4) is 28.1 Å². The SMILES string of the molecule is COC(=O)NC(C(=O)N1[C@@H](C)CC[C@H]1c1ncc(-c2ccc3c(c2)COc2cc4c5c(ccc4cc2-3)N=C([C@@H]2CC[C@H](C)N2C(=O)[C@@H](NC(=O)OC)C(C)C)C5)[nH]1)[C@@H](C)OC. The maximum absolute atomic E-state index is 14.0. The van der Waals surface area contributed by atoms with E-state index in [0.29, 0.717) is 18.9 Å². The summed E-state index contributed by atoms with van der Waals surface area (Å²) in [6.07, 6.45) is 3.70. The van der Waals surface area contributed by atoms with Gasteiger partial charge in [-0.3, -0.25) is 14.6 Å². The molecule has 0 spiro atoms. The van der Waals surface area contributed by atoms with E-state index in [1.165, 1.54) is 21.3 Å².